The van der Waals surface area contributed by atoms with E-state index in [1.54, 1.807) is 0 Å². The summed E-state index contributed by atoms with van der Waals surface area (Å²) >= 11 is 0. The van der Waals surface area contributed by atoms with E-state index in [4.69, 9.17) is 0 Å². The minimum atomic E-state index is -0.0437. The molecule has 4 aliphatic rings. The fourth-order valence-electron chi connectivity index (χ4n) is 15.5. The van der Waals surface area contributed by atoms with E-state index in [-0.39, 0.29) is 21.9 Å². The van der Waals surface area contributed by atoms with Crippen LogP contribution in [0.25, 0.3) is 76.8 Å². The molecule has 0 amide bonds. The van der Waals surface area contributed by atoms with E-state index in [0.29, 0.717) is 11.8 Å². The number of benzene rings is 10. The Labute approximate surface area is 426 Å². The van der Waals surface area contributed by atoms with Crippen LogP contribution in [-0.4, -0.2) is 11.1 Å². The van der Waals surface area contributed by atoms with Crippen molar-refractivity contribution >= 4 is 55.1 Å². The molecule has 0 bridgehead atoms. The Morgan fingerprint density at radius 1 is 0.361 bits per heavy atom. The van der Waals surface area contributed by atoms with E-state index in [0.717, 1.165) is 0 Å². The summed E-state index contributed by atoms with van der Waals surface area (Å²) in [4.78, 5) is 5.42. The van der Waals surface area contributed by atoms with Gasteiger partial charge in [0.05, 0.1) is 11.1 Å². The predicted octanol–water partition coefficient (Wildman–Crippen LogP) is 19.2. The first kappa shape index (κ1) is 43.6. The molecule has 0 spiro atoms. The molecule has 354 valence electrons. The summed E-state index contributed by atoms with van der Waals surface area (Å²) < 4.78 is 0. The Morgan fingerprint density at radius 2 is 0.694 bits per heavy atom. The van der Waals surface area contributed by atoms with Gasteiger partial charge < -0.3 is 9.80 Å². The third kappa shape index (κ3) is 5.96. The number of hydrogen-bond acceptors (Lipinski definition) is 2. The topological polar surface area (TPSA) is 6.48 Å². The van der Waals surface area contributed by atoms with Crippen LogP contribution < -0.4 is 9.80 Å². The molecule has 6 unspecified atom stereocenters. The molecule has 0 saturated heterocycles. The van der Waals surface area contributed by atoms with Crippen molar-refractivity contribution in [1.29, 1.82) is 0 Å². The Morgan fingerprint density at radius 3 is 1.06 bits per heavy atom. The molecule has 2 heteroatoms. The van der Waals surface area contributed by atoms with Crippen molar-refractivity contribution in [2.24, 2.45) is 11.8 Å². The van der Waals surface area contributed by atoms with Crippen molar-refractivity contribution in [1.82, 2.24) is 0 Å². The maximum atomic E-state index is 2.71. The minimum absolute atomic E-state index is 0.00933. The summed E-state index contributed by atoms with van der Waals surface area (Å²) in [5, 5.41) is 7.94. The second-order valence-corrected chi connectivity index (χ2v) is 23.5. The largest absolute Gasteiger partial charge is 0.334 e. The van der Waals surface area contributed by atoms with Crippen molar-refractivity contribution in [2.45, 2.75) is 102 Å². The van der Waals surface area contributed by atoms with Gasteiger partial charge in [-0.2, -0.15) is 0 Å². The molecule has 2 aliphatic carbocycles. The Hall–Kier alpha value is -7.16. The number of nitrogens with zero attached hydrogens (tertiary/aromatic N) is 2. The summed E-state index contributed by atoms with van der Waals surface area (Å²) in [6.07, 6.45) is 7.17. The second kappa shape index (κ2) is 15.7. The van der Waals surface area contributed by atoms with Crippen molar-refractivity contribution in [3.05, 3.63) is 205 Å². The van der Waals surface area contributed by atoms with Crippen LogP contribution >= 0.6 is 0 Å². The van der Waals surface area contributed by atoms with Gasteiger partial charge in [0.2, 0.25) is 0 Å². The van der Waals surface area contributed by atoms with Gasteiger partial charge in [-0.3, -0.25) is 0 Å². The second-order valence-electron chi connectivity index (χ2n) is 23.5. The smallest absolute Gasteiger partial charge is 0.0520 e. The van der Waals surface area contributed by atoms with Gasteiger partial charge in [-0.25, -0.2) is 0 Å². The van der Waals surface area contributed by atoms with Crippen LogP contribution in [0, 0.1) is 11.8 Å². The van der Waals surface area contributed by atoms with Gasteiger partial charge in [0.1, 0.15) is 0 Å². The molecule has 2 nitrogen and oxygen atoms in total. The molecular weight excluding hydrogens is 869 g/mol. The van der Waals surface area contributed by atoms with E-state index in [2.05, 4.69) is 245 Å². The normalized spacial score (nSPS) is 25.5. The molecule has 0 N–H and O–H groups in total. The van der Waals surface area contributed by atoms with Gasteiger partial charge >= 0.3 is 0 Å². The minimum Gasteiger partial charge on any atom is -0.334 e. The lowest BCUT2D eigenvalue weighted by Crippen LogP contribution is -2.56. The highest BCUT2D eigenvalue weighted by Gasteiger charge is 2.60. The lowest BCUT2D eigenvalue weighted by Gasteiger charge is -2.52. The number of para-hydroxylation sites is 2. The van der Waals surface area contributed by atoms with Crippen LogP contribution in [0.1, 0.15) is 91.2 Å². The number of rotatable bonds is 6. The van der Waals surface area contributed by atoms with Crippen LogP contribution in [-0.2, 0) is 10.8 Å². The highest BCUT2D eigenvalue weighted by molar-refractivity contribution is 6.32. The first-order valence-electron chi connectivity index (χ1n) is 26.9. The van der Waals surface area contributed by atoms with Gasteiger partial charge in [-0.1, -0.05) is 161 Å². The maximum Gasteiger partial charge on any atom is 0.0520 e. The number of anilines is 4. The van der Waals surface area contributed by atoms with E-state index < -0.39 is 0 Å². The number of fused-ring (bicyclic) bond motifs is 6. The van der Waals surface area contributed by atoms with E-state index in [1.807, 2.05) is 0 Å². The van der Waals surface area contributed by atoms with Gasteiger partial charge in [0.25, 0.3) is 0 Å². The van der Waals surface area contributed by atoms with Crippen LogP contribution in [0.3, 0.4) is 0 Å². The molecule has 2 heterocycles. The predicted molar refractivity (Wildman–Crippen MR) is 307 cm³/mol. The summed E-state index contributed by atoms with van der Waals surface area (Å²) in [5.74, 6) is 1.33. The van der Waals surface area contributed by atoms with Crippen LogP contribution in [0.2, 0.25) is 0 Å². The van der Waals surface area contributed by atoms with Crippen molar-refractivity contribution < 1.29 is 0 Å². The monoisotopic (exact) mass is 933 g/mol. The summed E-state index contributed by atoms with van der Waals surface area (Å²) in [6.45, 7) is 15.2. The highest BCUT2D eigenvalue weighted by Crippen LogP contribution is 2.64. The molecule has 14 rings (SSSR count). The quantitative estimate of drug-likeness (QED) is 0.153. The summed E-state index contributed by atoms with van der Waals surface area (Å²) in [7, 11) is 0. The van der Waals surface area contributed by atoms with Gasteiger partial charge in [-0.15, -0.1) is 0 Å². The van der Waals surface area contributed by atoms with E-state index in [9.17, 15) is 0 Å². The molecule has 2 fully saturated rings. The van der Waals surface area contributed by atoms with E-state index >= 15 is 0 Å². The average Bonchev–Trinajstić information content (AvgIpc) is 3.74. The first-order chi connectivity index (χ1) is 35.0. The van der Waals surface area contributed by atoms with Gasteiger partial charge in [0.15, 0.2) is 0 Å². The molecule has 10 aromatic carbocycles. The van der Waals surface area contributed by atoms with Crippen LogP contribution in [0.5, 0.6) is 0 Å². The fourth-order valence-corrected chi connectivity index (χ4v) is 15.5. The molecule has 2 saturated carbocycles. The lowest BCUT2D eigenvalue weighted by atomic mass is 9.59. The molecule has 72 heavy (non-hydrogen) atoms. The van der Waals surface area contributed by atoms with Gasteiger partial charge in [0, 0.05) is 33.6 Å². The SMILES string of the molecule is CC1CCC2(C)c3cc(-c4cc(-c5ccccc5)c5ccc6c(-c7ccc8c(c7)C7(C)CCC(C)CC7(C)N8c7ccccc7)cc(-c7ccccc7)c7ccc4c5c76)ccc3N(c3ccccc3)C2(C)C1. The fraction of sp³-hybridized carbons (Fsp3) is 0.257. The molecule has 2 aliphatic heterocycles. The molecule has 0 aromatic heterocycles. The summed E-state index contributed by atoms with van der Waals surface area (Å²) in [5.41, 5.74) is 18.4. The standard InChI is InChI=1S/C70H64N2/c1-45-35-37-67(3)61-39-49(27-33-63(61)71(69(67,5)43-45)51-23-15-9-16-24-51)59-41-57(47-19-11-7-12-20-47)53-30-32-56-60(42-58(48-21-13-8-14-22-48)54-29-31-55(59)65(53)66(54)56)50-28-34-64-62(40-50)68(4)38-36-46(2)44-70(68,6)72(64)52-25-17-10-18-26-52/h7-34,39-42,45-46H,35-38,43-44H2,1-6H3. The molecule has 6 atom stereocenters. The Bertz CT molecular complexity index is 3500. The molecule has 0 radical (unpaired) electrons. The molecular formula is C70H64N2. The highest BCUT2D eigenvalue weighted by atomic mass is 15.3. The summed E-state index contributed by atoms with van der Waals surface area (Å²) in [6, 6.07) is 74.5. The van der Waals surface area contributed by atoms with Gasteiger partial charge in [-0.05, 0) is 213 Å². The lowest BCUT2D eigenvalue weighted by molar-refractivity contribution is 0.154. The maximum absolute atomic E-state index is 2.71. The number of hydrogen-bond donors (Lipinski definition) is 0. The third-order valence-corrected chi connectivity index (χ3v) is 19.5. The van der Waals surface area contributed by atoms with E-state index in [1.165, 1.54) is 149 Å². The zero-order valence-corrected chi connectivity index (χ0v) is 42.8. The third-order valence-electron chi connectivity index (χ3n) is 19.5. The van der Waals surface area contributed by atoms with Crippen LogP contribution in [0.15, 0.2) is 194 Å². The van der Waals surface area contributed by atoms with Crippen molar-refractivity contribution in [2.75, 3.05) is 9.80 Å². The van der Waals surface area contributed by atoms with Crippen LogP contribution in [0.4, 0.5) is 22.7 Å². The Kier molecular flexibility index (Phi) is 9.49. The molecule has 10 aromatic rings. The first-order valence-corrected chi connectivity index (χ1v) is 26.9. The Balaban J connectivity index is 1.03. The van der Waals surface area contributed by atoms with Crippen molar-refractivity contribution in [3.8, 4) is 44.5 Å². The average molecular weight is 933 g/mol. The van der Waals surface area contributed by atoms with Crippen molar-refractivity contribution in [3.63, 3.8) is 0 Å². The zero-order valence-electron chi connectivity index (χ0n) is 42.8. The zero-order chi connectivity index (χ0) is 48.7.